The van der Waals surface area contributed by atoms with E-state index < -0.39 is 12.0 Å². The van der Waals surface area contributed by atoms with Crippen molar-refractivity contribution < 1.29 is 19.4 Å². The maximum Gasteiger partial charge on any atom is 0.335 e. The molecule has 1 amide bonds. The molecule has 1 rings (SSSR count). The van der Waals surface area contributed by atoms with Crippen LogP contribution in [0.1, 0.15) is 22.8 Å². The van der Waals surface area contributed by atoms with Crippen LogP contribution < -0.4 is 10.6 Å². The third-order valence-corrected chi connectivity index (χ3v) is 2.84. The summed E-state index contributed by atoms with van der Waals surface area (Å²) in [6.45, 7) is 4.46. The van der Waals surface area contributed by atoms with Crippen LogP contribution in [-0.2, 0) is 9.53 Å². The predicted octanol–water partition coefficient (Wildman–Crippen LogP) is 1.26. The van der Waals surface area contributed by atoms with Crippen molar-refractivity contribution >= 4 is 17.6 Å². The van der Waals surface area contributed by atoms with Crippen molar-refractivity contribution in [3.05, 3.63) is 29.3 Å². The van der Waals surface area contributed by atoms with Crippen molar-refractivity contribution in [3.63, 3.8) is 0 Å². The number of anilines is 1. The molecule has 0 bridgehead atoms. The second-order valence-electron chi connectivity index (χ2n) is 4.48. The summed E-state index contributed by atoms with van der Waals surface area (Å²) in [5.41, 5.74) is 1.75. The van der Waals surface area contributed by atoms with Gasteiger partial charge in [-0.25, -0.2) is 4.79 Å². The lowest BCUT2D eigenvalue weighted by Crippen LogP contribution is -2.39. The number of rotatable bonds is 7. The Balaban J connectivity index is 2.63. The smallest absolute Gasteiger partial charge is 0.335 e. The lowest BCUT2D eigenvalue weighted by Gasteiger charge is -2.17. The minimum Gasteiger partial charge on any atom is -0.478 e. The van der Waals surface area contributed by atoms with E-state index in [2.05, 4.69) is 10.6 Å². The Hall–Kier alpha value is -2.08. The molecule has 1 aromatic rings. The van der Waals surface area contributed by atoms with Gasteiger partial charge in [0, 0.05) is 19.3 Å². The second-order valence-corrected chi connectivity index (χ2v) is 4.48. The van der Waals surface area contributed by atoms with Crippen LogP contribution in [0.2, 0.25) is 0 Å². The Morgan fingerprint density at radius 3 is 2.65 bits per heavy atom. The van der Waals surface area contributed by atoms with Crippen LogP contribution in [0.15, 0.2) is 18.2 Å². The summed E-state index contributed by atoms with van der Waals surface area (Å²) in [4.78, 5) is 22.6. The van der Waals surface area contributed by atoms with Gasteiger partial charge in [-0.15, -0.1) is 0 Å². The number of aromatic carboxylic acids is 1. The van der Waals surface area contributed by atoms with Crippen LogP contribution in [0.5, 0.6) is 0 Å². The number of nitrogens with one attached hydrogen (secondary N) is 2. The van der Waals surface area contributed by atoms with Crippen LogP contribution in [-0.4, -0.2) is 43.3 Å². The van der Waals surface area contributed by atoms with Gasteiger partial charge in [0.25, 0.3) is 0 Å². The minimum atomic E-state index is -0.968. The van der Waals surface area contributed by atoms with Crippen molar-refractivity contribution in [2.75, 3.05) is 25.6 Å². The summed E-state index contributed by atoms with van der Waals surface area (Å²) in [5.74, 6) is -1.10. The molecule has 110 valence electrons. The molecule has 1 aromatic carbocycles. The Morgan fingerprint density at radius 2 is 2.10 bits per heavy atom. The lowest BCUT2D eigenvalue weighted by atomic mass is 10.1. The van der Waals surface area contributed by atoms with E-state index in [1.807, 2.05) is 0 Å². The molecule has 6 nitrogen and oxygen atoms in total. The molecule has 0 spiro atoms. The third kappa shape index (κ3) is 4.55. The molecule has 0 aliphatic heterocycles. The van der Waals surface area contributed by atoms with Crippen molar-refractivity contribution in [3.8, 4) is 0 Å². The highest BCUT2D eigenvalue weighted by Gasteiger charge is 2.13. The molecular weight excluding hydrogens is 260 g/mol. The molecule has 1 atom stereocenters. The van der Waals surface area contributed by atoms with E-state index in [1.165, 1.54) is 6.07 Å². The number of aryl methyl sites for hydroxylation is 1. The third-order valence-electron chi connectivity index (χ3n) is 2.84. The molecule has 0 aromatic heterocycles. The van der Waals surface area contributed by atoms with E-state index in [4.69, 9.17) is 9.84 Å². The number of carboxylic acid groups (broad SMARTS) is 1. The fraction of sp³-hybridized carbons (Fsp3) is 0.429. The number of methoxy groups -OCH3 is 1. The number of benzene rings is 1. The molecule has 0 aliphatic carbocycles. The quantitative estimate of drug-likeness (QED) is 0.654. The van der Waals surface area contributed by atoms with E-state index >= 15 is 0 Å². The van der Waals surface area contributed by atoms with Crippen LogP contribution in [0.4, 0.5) is 5.69 Å². The van der Waals surface area contributed by atoms with Gasteiger partial charge >= 0.3 is 5.97 Å². The molecule has 0 saturated heterocycles. The van der Waals surface area contributed by atoms with Crippen molar-refractivity contribution in [1.29, 1.82) is 0 Å². The second kappa shape index (κ2) is 7.49. The van der Waals surface area contributed by atoms with E-state index in [0.717, 1.165) is 11.3 Å². The fourth-order valence-corrected chi connectivity index (χ4v) is 1.69. The number of hydrogen-bond donors (Lipinski definition) is 3. The summed E-state index contributed by atoms with van der Waals surface area (Å²) < 4.78 is 4.85. The van der Waals surface area contributed by atoms with Gasteiger partial charge in [-0.2, -0.15) is 0 Å². The van der Waals surface area contributed by atoms with Gasteiger partial charge in [0.15, 0.2) is 0 Å². The average molecular weight is 280 g/mol. The van der Waals surface area contributed by atoms with Gasteiger partial charge in [-0.05, 0) is 37.6 Å². The van der Waals surface area contributed by atoms with Crippen molar-refractivity contribution in [1.82, 2.24) is 5.32 Å². The van der Waals surface area contributed by atoms with Crippen LogP contribution >= 0.6 is 0 Å². The molecule has 0 aliphatic rings. The molecule has 0 saturated carbocycles. The highest BCUT2D eigenvalue weighted by atomic mass is 16.5. The summed E-state index contributed by atoms with van der Waals surface area (Å²) >= 11 is 0. The molecule has 20 heavy (non-hydrogen) atoms. The Bertz CT molecular complexity index is 488. The number of amides is 1. The van der Waals surface area contributed by atoms with Gasteiger partial charge in [0.2, 0.25) is 5.91 Å². The zero-order valence-corrected chi connectivity index (χ0v) is 11.9. The number of carbonyl (C=O) groups is 2. The summed E-state index contributed by atoms with van der Waals surface area (Å²) in [6, 6.07) is 4.33. The summed E-state index contributed by atoms with van der Waals surface area (Å²) in [5, 5.41) is 14.7. The zero-order valence-electron chi connectivity index (χ0n) is 11.9. The molecule has 0 radical (unpaired) electrons. The Morgan fingerprint density at radius 1 is 1.40 bits per heavy atom. The molecule has 1 unspecified atom stereocenters. The van der Waals surface area contributed by atoms with Gasteiger partial charge < -0.3 is 20.5 Å². The van der Waals surface area contributed by atoms with E-state index in [0.29, 0.717) is 13.2 Å². The number of carboxylic acids is 1. The van der Waals surface area contributed by atoms with Gasteiger partial charge in [0.1, 0.15) is 6.04 Å². The van der Waals surface area contributed by atoms with Gasteiger partial charge in [0.05, 0.1) is 12.2 Å². The number of ether oxygens (including phenoxy) is 1. The molecule has 3 N–H and O–H groups in total. The predicted molar refractivity (Wildman–Crippen MR) is 76.1 cm³/mol. The molecule has 6 heteroatoms. The lowest BCUT2D eigenvalue weighted by molar-refractivity contribution is -0.121. The average Bonchev–Trinajstić information content (AvgIpc) is 2.40. The monoisotopic (exact) mass is 280 g/mol. The standard InChI is InChI=1S/C14H20N2O4/c1-9-8-11(14(18)19)4-5-12(9)16-10(2)13(17)15-6-7-20-3/h4-5,8,10,16H,6-7H2,1-3H3,(H,15,17)(H,18,19). The topological polar surface area (TPSA) is 87.7 Å². The van der Waals surface area contributed by atoms with E-state index in [1.54, 1.807) is 33.1 Å². The first kappa shape index (κ1) is 16.0. The summed E-state index contributed by atoms with van der Waals surface area (Å²) in [6.07, 6.45) is 0. The van der Waals surface area contributed by atoms with E-state index in [9.17, 15) is 9.59 Å². The number of carbonyl (C=O) groups excluding carboxylic acids is 1. The highest BCUT2D eigenvalue weighted by molar-refractivity contribution is 5.89. The maximum atomic E-state index is 11.8. The molecular formula is C14H20N2O4. The van der Waals surface area contributed by atoms with Crippen LogP contribution in [0.3, 0.4) is 0 Å². The van der Waals surface area contributed by atoms with Crippen molar-refractivity contribution in [2.24, 2.45) is 0 Å². The Labute approximate surface area is 118 Å². The largest absolute Gasteiger partial charge is 0.478 e. The first-order chi connectivity index (χ1) is 9.45. The first-order valence-corrected chi connectivity index (χ1v) is 6.33. The number of hydrogen-bond acceptors (Lipinski definition) is 4. The Kier molecular flexibility index (Phi) is 5.99. The van der Waals surface area contributed by atoms with Gasteiger partial charge in [-0.1, -0.05) is 0 Å². The van der Waals surface area contributed by atoms with E-state index in [-0.39, 0.29) is 11.5 Å². The molecule has 0 heterocycles. The fourth-order valence-electron chi connectivity index (χ4n) is 1.69. The minimum absolute atomic E-state index is 0.135. The van der Waals surface area contributed by atoms with Crippen molar-refractivity contribution in [2.45, 2.75) is 19.9 Å². The molecule has 0 fully saturated rings. The normalized spacial score (nSPS) is 11.8. The maximum absolute atomic E-state index is 11.8. The first-order valence-electron chi connectivity index (χ1n) is 6.33. The summed E-state index contributed by atoms with van der Waals surface area (Å²) in [7, 11) is 1.57. The zero-order chi connectivity index (χ0) is 15.1. The van der Waals surface area contributed by atoms with Crippen LogP contribution in [0.25, 0.3) is 0 Å². The SMILES string of the molecule is COCCNC(=O)C(C)Nc1ccc(C(=O)O)cc1C. The van der Waals surface area contributed by atoms with Crippen LogP contribution in [0, 0.1) is 6.92 Å². The van der Waals surface area contributed by atoms with Gasteiger partial charge in [-0.3, -0.25) is 4.79 Å². The highest BCUT2D eigenvalue weighted by Crippen LogP contribution is 2.17.